The highest BCUT2D eigenvalue weighted by Crippen LogP contribution is 2.29. The van der Waals surface area contributed by atoms with Gasteiger partial charge in [0.25, 0.3) is 5.91 Å². The summed E-state index contributed by atoms with van der Waals surface area (Å²) in [5.74, 6) is 1.13. The van der Waals surface area contributed by atoms with Gasteiger partial charge in [-0.05, 0) is 48.0 Å². The first-order valence-corrected chi connectivity index (χ1v) is 7.83. The van der Waals surface area contributed by atoms with E-state index in [9.17, 15) is 4.79 Å². The molecule has 122 valence electrons. The third-order valence-electron chi connectivity index (χ3n) is 3.77. The highest BCUT2D eigenvalue weighted by Gasteiger charge is 2.16. The van der Waals surface area contributed by atoms with Crippen LogP contribution in [0, 0.1) is 0 Å². The normalized spacial score (nSPS) is 10.4. The molecule has 1 amide bonds. The second-order valence-electron chi connectivity index (χ2n) is 5.28. The summed E-state index contributed by atoms with van der Waals surface area (Å²) < 4.78 is 10.8. The predicted octanol–water partition coefficient (Wildman–Crippen LogP) is 4.50. The lowest BCUT2D eigenvalue weighted by atomic mass is 10.0. The summed E-state index contributed by atoms with van der Waals surface area (Å²) in [5, 5.41) is 4.80. The van der Waals surface area contributed by atoms with Crippen LogP contribution in [0.3, 0.4) is 0 Å². The molecule has 0 saturated heterocycles. The lowest BCUT2D eigenvalue weighted by Crippen LogP contribution is -2.14. The zero-order chi connectivity index (χ0) is 16.9. The molecule has 3 rings (SSSR count). The Morgan fingerprint density at radius 3 is 2.46 bits per heavy atom. The molecule has 3 aromatic rings. The van der Waals surface area contributed by atoms with Gasteiger partial charge in [0.1, 0.15) is 11.5 Å². The Kier molecular flexibility index (Phi) is 4.66. The number of carbonyl (C=O) groups excluding carboxylic acids is 1. The molecule has 0 aliphatic rings. The second-order valence-corrected chi connectivity index (χ2v) is 5.28. The number of ether oxygens (including phenoxy) is 2. The van der Waals surface area contributed by atoms with Crippen molar-refractivity contribution in [3.05, 3.63) is 66.2 Å². The number of hydrogen-bond donors (Lipinski definition) is 1. The average Bonchev–Trinajstić information content (AvgIpc) is 2.62. The largest absolute Gasteiger partial charge is 0.497 e. The van der Waals surface area contributed by atoms with Crippen LogP contribution in [0.25, 0.3) is 10.8 Å². The van der Waals surface area contributed by atoms with Gasteiger partial charge in [0.05, 0.1) is 19.3 Å². The Labute approximate surface area is 141 Å². The molecule has 4 heteroatoms. The van der Waals surface area contributed by atoms with Crippen LogP contribution < -0.4 is 14.8 Å². The predicted molar refractivity (Wildman–Crippen MR) is 96.1 cm³/mol. The molecular formula is C20H19NO3. The fourth-order valence-electron chi connectivity index (χ4n) is 2.63. The van der Waals surface area contributed by atoms with E-state index in [0.717, 1.165) is 16.5 Å². The third kappa shape index (κ3) is 3.18. The molecule has 0 fully saturated rings. The quantitative estimate of drug-likeness (QED) is 0.752. The van der Waals surface area contributed by atoms with Crippen LogP contribution in [-0.2, 0) is 0 Å². The van der Waals surface area contributed by atoms with Crippen molar-refractivity contribution in [2.45, 2.75) is 6.92 Å². The SMILES string of the molecule is CCOc1ccc2ccccc2c1C(=O)Nc1ccc(OC)cc1. The Morgan fingerprint density at radius 1 is 1.00 bits per heavy atom. The molecule has 3 aromatic carbocycles. The summed E-state index contributed by atoms with van der Waals surface area (Å²) >= 11 is 0. The van der Waals surface area contributed by atoms with Crippen molar-refractivity contribution in [3.63, 3.8) is 0 Å². The van der Waals surface area contributed by atoms with Crippen molar-refractivity contribution in [2.75, 3.05) is 19.0 Å². The van der Waals surface area contributed by atoms with E-state index in [1.54, 1.807) is 7.11 Å². The van der Waals surface area contributed by atoms with E-state index < -0.39 is 0 Å². The zero-order valence-electron chi connectivity index (χ0n) is 13.7. The van der Waals surface area contributed by atoms with Crippen molar-refractivity contribution in [3.8, 4) is 11.5 Å². The molecule has 0 unspecified atom stereocenters. The zero-order valence-corrected chi connectivity index (χ0v) is 13.7. The molecule has 0 aliphatic heterocycles. The van der Waals surface area contributed by atoms with Gasteiger partial charge in [-0.2, -0.15) is 0 Å². The molecule has 0 radical (unpaired) electrons. The van der Waals surface area contributed by atoms with Gasteiger partial charge in [0.2, 0.25) is 0 Å². The van der Waals surface area contributed by atoms with E-state index >= 15 is 0 Å². The van der Waals surface area contributed by atoms with Gasteiger partial charge in [-0.3, -0.25) is 4.79 Å². The van der Waals surface area contributed by atoms with E-state index in [4.69, 9.17) is 9.47 Å². The summed E-state index contributed by atoms with van der Waals surface area (Å²) in [6, 6.07) is 18.8. The molecule has 1 N–H and O–H groups in total. The fraction of sp³-hybridized carbons (Fsp3) is 0.150. The van der Waals surface area contributed by atoms with E-state index in [-0.39, 0.29) is 5.91 Å². The first-order valence-electron chi connectivity index (χ1n) is 7.83. The van der Waals surface area contributed by atoms with Crippen LogP contribution >= 0.6 is 0 Å². The molecular weight excluding hydrogens is 302 g/mol. The monoisotopic (exact) mass is 321 g/mol. The van der Waals surface area contributed by atoms with Gasteiger partial charge in [0, 0.05) is 5.69 Å². The number of carbonyl (C=O) groups is 1. The van der Waals surface area contributed by atoms with E-state index in [0.29, 0.717) is 23.6 Å². The number of benzene rings is 3. The molecule has 0 aliphatic carbocycles. The van der Waals surface area contributed by atoms with Crippen LogP contribution in [0.5, 0.6) is 11.5 Å². The molecule has 4 nitrogen and oxygen atoms in total. The van der Waals surface area contributed by atoms with Gasteiger partial charge in [-0.1, -0.05) is 30.3 Å². The topological polar surface area (TPSA) is 47.6 Å². The molecule has 0 heterocycles. The van der Waals surface area contributed by atoms with Crippen molar-refractivity contribution in [1.82, 2.24) is 0 Å². The number of anilines is 1. The number of nitrogens with one attached hydrogen (secondary N) is 1. The number of rotatable bonds is 5. The highest BCUT2D eigenvalue weighted by atomic mass is 16.5. The smallest absolute Gasteiger partial charge is 0.260 e. The first kappa shape index (κ1) is 15.9. The Bertz CT molecular complexity index is 856. The van der Waals surface area contributed by atoms with Gasteiger partial charge in [-0.15, -0.1) is 0 Å². The third-order valence-corrected chi connectivity index (χ3v) is 3.77. The Morgan fingerprint density at radius 2 is 1.75 bits per heavy atom. The molecule has 24 heavy (non-hydrogen) atoms. The summed E-state index contributed by atoms with van der Waals surface area (Å²) in [7, 11) is 1.61. The minimum absolute atomic E-state index is 0.194. The lowest BCUT2D eigenvalue weighted by Gasteiger charge is -2.13. The minimum atomic E-state index is -0.194. The van der Waals surface area contributed by atoms with E-state index in [1.165, 1.54) is 0 Å². The summed E-state index contributed by atoms with van der Waals surface area (Å²) in [4.78, 5) is 12.9. The molecule has 0 atom stereocenters. The lowest BCUT2D eigenvalue weighted by molar-refractivity contribution is 0.102. The van der Waals surface area contributed by atoms with Crippen LogP contribution in [0.2, 0.25) is 0 Å². The van der Waals surface area contributed by atoms with Gasteiger partial charge < -0.3 is 14.8 Å². The number of methoxy groups -OCH3 is 1. The van der Waals surface area contributed by atoms with Crippen LogP contribution in [0.4, 0.5) is 5.69 Å². The van der Waals surface area contributed by atoms with Crippen molar-refractivity contribution >= 4 is 22.4 Å². The Hall–Kier alpha value is -3.01. The maximum atomic E-state index is 12.9. The van der Waals surface area contributed by atoms with Crippen LogP contribution in [-0.4, -0.2) is 19.6 Å². The van der Waals surface area contributed by atoms with Gasteiger partial charge in [-0.25, -0.2) is 0 Å². The second kappa shape index (κ2) is 7.04. The van der Waals surface area contributed by atoms with Gasteiger partial charge >= 0.3 is 0 Å². The fourth-order valence-corrected chi connectivity index (χ4v) is 2.63. The van der Waals surface area contributed by atoms with Crippen LogP contribution in [0.1, 0.15) is 17.3 Å². The van der Waals surface area contributed by atoms with E-state index in [1.807, 2.05) is 67.6 Å². The number of fused-ring (bicyclic) bond motifs is 1. The minimum Gasteiger partial charge on any atom is -0.497 e. The average molecular weight is 321 g/mol. The van der Waals surface area contributed by atoms with E-state index in [2.05, 4.69) is 5.32 Å². The molecule has 0 bridgehead atoms. The maximum absolute atomic E-state index is 12.9. The number of amides is 1. The summed E-state index contributed by atoms with van der Waals surface area (Å²) in [5.41, 5.74) is 1.25. The number of hydrogen-bond acceptors (Lipinski definition) is 3. The van der Waals surface area contributed by atoms with Gasteiger partial charge in [0.15, 0.2) is 0 Å². The molecule has 0 saturated carbocycles. The maximum Gasteiger partial charge on any atom is 0.260 e. The van der Waals surface area contributed by atoms with Crippen molar-refractivity contribution in [2.24, 2.45) is 0 Å². The molecule has 0 spiro atoms. The van der Waals surface area contributed by atoms with Crippen molar-refractivity contribution in [1.29, 1.82) is 0 Å². The Balaban J connectivity index is 1.99. The standard InChI is InChI=1S/C20H19NO3/c1-3-24-18-13-8-14-6-4-5-7-17(14)19(18)20(22)21-15-9-11-16(23-2)12-10-15/h4-13H,3H2,1-2H3,(H,21,22). The first-order chi connectivity index (χ1) is 11.7. The summed E-state index contributed by atoms with van der Waals surface area (Å²) in [6.07, 6.45) is 0. The van der Waals surface area contributed by atoms with Crippen LogP contribution in [0.15, 0.2) is 60.7 Å². The summed E-state index contributed by atoms with van der Waals surface area (Å²) in [6.45, 7) is 2.40. The highest BCUT2D eigenvalue weighted by molar-refractivity contribution is 6.15. The molecule has 0 aromatic heterocycles. The van der Waals surface area contributed by atoms with Crippen molar-refractivity contribution < 1.29 is 14.3 Å².